The quantitative estimate of drug-likeness (QED) is 0.733. The maximum atomic E-state index is 11.4. The fraction of sp³-hybridized carbons (Fsp3) is 0.364. The standard InChI is InChI=1S/C11H11NO3/c1-14-7-3-2-4-8-9(7)6-5-12-11(13)10(6)15-8/h2-4,6,10H,5H2,1H3,(H,12,13)/t6-,10+/m1/s1. The zero-order valence-corrected chi connectivity index (χ0v) is 8.32. The van der Waals surface area contributed by atoms with E-state index in [2.05, 4.69) is 5.32 Å². The second-order valence-electron chi connectivity index (χ2n) is 3.76. The lowest BCUT2D eigenvalue weighted by Crippen LogP contribution is -2.26. The van der Waals surface area contributed by atoms with E-state index in [1.54, 1.807) is 7.11 Å². The minimum Gasteiger partial charge on any atom is -0.496 e. The molecular weight excluding hydrogens is 194 g/mol. The van der Waals surface area contributed by atoms with Crippen LogP contribution in [-0.4, -0.2) is 25.7 Å². The van der Waals surface area contributed by atoms with Crippen molar-refractivity contribution in [3.63, 3.8) is 0 Å². The molecule has 1 aromatic rings. The van der Waals surface area contributed by atoms with Gasteiger partial charge in [0.05, 0.1) is 13.0 Å². The lowest BCUT2D eigenvalue weighted by atomic mass is 9.97. The van der Waals surface area contributed by atoms with Gasteiger partial charge in [-0.15, -0.1) is 0 Å². The van der Waals surface area contributed by atoms with Gasteiger partial charge in [-0.3, -0.25) is 4.79 Å². The summed E-state index contributed by atoms with van der Waals surface area (Å²) in [4.78, 5) is 11.4. The number of hydrogen-bond donors (Lipinski definition) is 1. The van der Waals surface area contributed by atoms with Crippen LogP contribution in [0.2, 0.25) is 0 Å². The highest BCUT2D eigenvalue weighted by Gasteiger charge is 2.45. The third kappa shape index (κ3) is 1.04. The summed E-state index contributed by atoms with van der Waals surface area (Å²) in [7, 11) is 1.63. The summed E-state index contributed by atoms with van der Waals surface area (Å²) < 4.78 is 10.9. The van der Waals surface area contributed by atoms with Crippen molar-refractivity contribution in [3.05, 3.63) is 23.8 Å². The molecule has 0 spiro atoms. The Balaban J connectivity index is 2.11. The average molecular weight is 205 g/mol. The van der Waals surface area contributed by atoms with Crippen LogP contribution in [0, 0.1) is 0 Å². The molecular formula is C11H11NO3. The first-order chi connectivity index (χ1) is 7.31. The van der Waals surface area contributed by atoms with E-state index in [9.17, 15) is 4.79 Å². The Morgan fingerprint density at radius 3 is 3.20 bits per heavy atom. The van der Waals surface area contributed by atoms with Gasteiger partial charge in [-0.25, -0.2) is 0 Å². The summed E-state index contributed by atoms with van der Waals surface area (Å²) in [5.41, 5.74) is 1.02. The predicted molar refractivity (Wildman–Crippen MR) is 53.2 cm³/mol. The molecule has 0 bridgehead atoms. The van der Waals surface area contributed by atoms with Crippen LogP contribution in [0.25, 0.3) is 0 Å². The predicted octanol–water partition coefficient (Wildman–Crippen LogP) is 0.670. The molecule has 1 saturated heterocycles. The number of benzene rings is 1. The molecule has 0 unspecified atom stereocenters. The van der Waals surface area contributed by atoms with Gasteiger partial charge < -0.3 is 14.8 Å². The van der Waals surface area contributed by atoms with Crippen molar-refractivity contribution in [1.82, 2.24) is 5.32 Å². The summed E-state index contributed by atoms with van der Waals surface area (Å²) in [6, 6.07) is 5.65. The van der Waals surface area contributed by atoms with Gasteiger partial charge in [0.1, 0.15) is 11.5 Å². The first-order valence-corrected chi connectivity index (χ1v) is 4.92. The Morgan fingerprint density at radius 2 is 2.40 bits per heavy atom. The second-order valence-corrected chi connectivity index (χ2v) is 3.76. The minimum atomic E-state index is -0.365. The lowest BCUT2D eigenvalue weighted by Gasteiger charge is -2.08. The monoisotopic (exact) mass is 205 g/mol. The second kappa shape index (κ2) is 2.89. The molecule has 2 atom stereocenters. The van der Waals surface area contributed by atoms with E-state index in [0.717, 1.165) is 17.1 Å². The minimum absolute atomic E-state index is 0.0294. The number of methoxy groups -OCH3 is 1. The molecule has 1 N–H and O–H groups in total. The number of hydrogen-bond acceptors (Lipinski definition) is 3. The maximum absolute atomic E-state index is 11.4. The Hall–Kier alpha value is -1.71. The summed E-state index contributed by atoms with van der Waals surface area (Å²) in [6.07, 6.45) is -0.365. The Morgan fingerprint density at radius 1 is 1.53 bits per heavy atom. The Bertz CT molecular complexity index is 430. The molecule has 2 heterocycles. The summed E-state index contributed by atoms with van der Waals surface area (Å²) in [5, 5.41) is 2.79. The molecule has 4 heteroatoms. The number of rotatable bonds is 1. The maximum Gasteiger partial charge on any atom is 0.261 e. The van der Waals surface area contributed by atoms with Crippen molar-refractivity contribution < 1.29 is 14.3 Å². The number of nitrogens with one attached hydrogen (secondary N) is 1. The van der Waals surface area contributed by atoms with Gasteiger partial charge in [0.25, 0.3) is 5.91 Å². The number of carbonyl (C=O) groups is 1. The van der Waals surface area contributed by atoms with Crippen molar-refractivity contribution in [1.29, 1.82) is 0 Å². The molecule has 15 heavy (non-hydrogen) atoms. The van der Waals surface area contributed by atoms with E-state index in [1.165, 1.54) is 0 Å². The van der Waals surface area contributed by atoms with Crippen LogP contribution >= 0.6 is 0 Å². The first-order valence-electron chi connectivity index (χ1n) is 4.92. The van der Waals surface area contributed by atoms with E-state index in [1.807, 2.05) is 18.2 Å². The van der Waals surface area contributed by atoms with Crippen LogP contribution < -0.4 is 14.8 Å². The van der Waals surface area contributed by atoms with Crippen molar-refractivity contribution in [2.24, 2.45) is 0 Å². The van der Waals surface area contributed by atoms with Crippen LogP contribution in [-0.2, 0) is 4.79 Å². The van der Waals surface area contributed by atoms with Gasteiger partial charge in [-0.05, 0) is 12.1 Å². The van der Waals surface area contributed by atoms with Gasteiger partial charge in [0.2, 0.25) is 0 Å². The molecule has 2 aliphatic rings. The molecule has 0 aromatic heterocycles. The van der Waals surface area contributed by atoms with Crippen molar-refractivity contribution in [2.45, 2.75) is 12.0 Å². The van der Waals surface area contributed by atoms with Crippen molar-refractivity contribution in [2.75, 3.05) is 13.7 Å². The van der Waals surface area contributed by atoms with E-state index >= 15 is 0 Å². The zero-order valence-electron chi connectivity index (χ0n) is 8.32. The normalized spacial score (nSPS) is 26.6. The highest BCUT2D eigenvalue weighted by molar-refractivity contribution is 5.86. The SMILES string of the molecule is COc1cccc2c1[C@H]1CNC(=O)[C@H]1O2. The summed E-state index contributed by atoms with van der Waals surface area (Å²) in [5.74, 6) is 1.65. The topological polar surface area (TPSA) is 47.6 Å². The van der Waals surface area contributed by atoms with Gasteiger partial charge in [-0.1, -0.05) is 6.07 Å². The van der Waals surface area contributed by atoms with E-state index in [4.69, 9.17) is 9.47 Å². The highest BCUT2D eigenvalue weighted by atomic mass is 16.5. The van der Waals surface area contributed by atoms with Gasteiger partial charge in [-0.2, -0.15) is 0 Å². The lowest BCUT2D eigenvalue weighted by molar-refractivity contribution is -0.124. The van der Waals surface area contributed by atoms with E-state index in [0.29, 0.717) is 6.54 Å². The van der Waals surface area contributed by atoms with Crippen LogP contribution in [0.4, 0.5) is 0 Å². The third-order valence-electron chi connectivity index (χ3n) is 2.99. The molecule has 0 saturated carbocycles. The third-order valence-corrected chi connectivity index (χ3v) is 2.99. The van der Waals surface area contributed by atoms with Crippen LogP contribution in [0.5, 0.6) is 11.5 Å². The van der Waals surface area contributed by atoms with Gasteiger partial charge in [0.15, 0.2) is 6.10 Å². The Kier molecular flexibility index (Phi) is 1.65. The van der Waals surface area contributed by atoms with Crippen molar-refractivity contribution >= 4 is 5.91 Å². The highest BCUT2D eigenvalue weighted by Crippen LogP contribution is 2.45. The molecule has 1 fully saturated rings. The largest absolute Gasteiger partial charge is 0.496 e. The van der Waals surface area contributed by atoms with E-state index < -0.39 is 0 Å². The van der Waals surface area contributed by atoms with Gasteiger partial charge in [0, 0.05) is 12.1 Å². The molecule has 1 amide bonds. The molecule has 2 aliphatic heterocycles. The molecule has 4 nitrogen and oxygen atoms in total. The van der Waals surface area contributed by atoms with Gasteiger partial charge >= 0.3 is 0 Å². The van der Waals surface area contributed by atoms with Crippen molar-refractivity contribution in [3.8, 4) is 11.5 Å². The fourth-order valence-corrected chi connectivity index (χ4v) is 2.30. The van der Waals surface area contributed by atoms with Crippen LogP contribution in [0.1, 0.15) is 11.5 Å². The van der Waals surface area contributed by atoms with E-state index in [-0.39, 0.29) is 17.9 Å². The summed E-state index contributed by atoms with van der Waals surface area (Å²) >= 11 is 0. The fourth-order valence-electron chi connectivity index (χ4n) is 2.30. The number of ether oxygens (including phenoxy) is 2. The molecule has 0 aliphatic carbocycles. The smallest absolute Gasteiger partial charge is 0.261 e. The Labute approximate surface area is 87.2 Å². The first kappa shape index (κ1) is 8.59. The number of carbonyl (C=O) groups excluding carboxylic acids is 1. The number of amides is 1. The number of fused-ring (bicyclic) bond motifs is 3. The molecule has 0 radical (unpaired) electrons. The van der Waals surface area contributed by atoms with Crippen LogP contribution in [0.3, 0.4) is 0 Å². The molecule has 1 aromatic carbocycles. The van der Waals surface area contributed by atoms with Crippen LogP contribution in [0.15, 0.2) is 18.2 Å². The average Bonchev–Trinajstić information content (AvgIpc) is 2.78. The zero-order chi connectivity index (χ0) is 10.4. The molecule has 78 valence electrons. The summed E-state index contributed by atoms with van der Waals surface area (Å²) in [6.45, 7) is 0.636. The molecule has 3 rings (SSSR count).